The topological polar surface area (TPSA) is 65.0 Å². The van der Waals surface area contributed by atoms with E-state index in [1.807, 2.05) is 6.26 Å². The van der Waals surface area contributed by atoms with Crippen LogP contribution in [0.4, 0.5) is 0 Å². The molecule has 0 radical (unpaired) electrons. The number of hydrogen-bond acceptors (Lipinski definition) is 6. The summed E-state index contributed by atoms with van der Waals surface area (Å²) in [5, 5.41) is 0.718. The Morgan fingerprint density at radius 2 is 1.42 bits per heavy atom. The number of esters is 2. The molecule has 0 heterocycles. The van der Waals surface area contributed by atoms with Crippen molar-refractivity contribution in [2.75, 3.05) is 27.5 Å². The normalized spacial score (nSPS) is 11.1. The Kier molecular flexibility index (Phi) is 5.57. The highest BCUT2D eigenvalue weighted by atomic mass is 32.2. The summed E-state index contributed by atoms with van der Waals surface area (Å²) in [6.45, 7) is 0. The van der Waals surface area contributed by atoms with Crippen LogP contribution in [0.25, 0.3) is 0 Å². The average molecular weight is 281 g/mol. The predicted molar refractivity (Wildman–Crippen MR) is 75.1 cm³/mol. The molecular formula is C13H15NO4S. The van der Waals surface area contributed by atoms with Crippen molar-refractivity contribution in [2.45, 2.75) is 0 Å². The van der Waals surface area contributed by atoms with Gasteiger partial charge < -0.3 is 9.47 Å². The maximum Gasteiger partial charge on any atom is 0.337 e. The van der Waals surface area contributed by atoms with Gasteiger partial charge in [0.2, 0.25) is 0 Å². The number of aliphatic imine (C=N–C) groups is 1. The lowest BCUT2D eigenvalue weighted by atomic mass is 10.1. The van der Waals surface area contributed by atoms with Gasteiger partial charge >= 0.3 is 11.9 Å². The Bertz CT molecular complexity index is 491. The molecule has 0 bridgehead atoms. The largest absolute Gasteiger partial charge is 0.465 e. The molecule has 0 unspecified atom stereocenters. The lowest BCUT2D eigenvalue weighted by Gasteiger charge is -2.08. The molecule has 0 spiro atoms. The zero-order valence-corrected chi connectivity index (χ0v) is 12.0. The van der Waals surface area contributed by atoms with Gasteiger partial charge in [-0.2, -0.15) is 0 Å². The van der Waals surface area contributed by atoms with Gasteiger partial charge in [-0.05, 0) is 24.5 Å². The van der Waals surface area contributed by atoms with Crippen molar-refractivity contribution in [3.05, 3.63) is 34.9 Å². The Hall–Kier alpha value is -1.82. The quantitative estimate of drug-likeness (QED) is 0.481. The van der Waals surface area contributed by atoms with E-state index in [9.17, 15) is 9.59 Å². The number of ether oxygens (including phenoxy) is 2. The first-order chi connectivity index (χ1) is 9.07. The molecule has 0 aliphatic carbocycles. The molecule has 0 aromatic heterocycles. The zero-order chi connectivity index (χ0) is 14.4. The maximum absolute atomic E-state index is 11.6. The second-order valence-electron chi connectivity index (χ2n) is 3.52. The minimum atomic E-state index is -0.511. The van der Waals surface area contributed by atoms with Gasteiger partial charge in [0.05, 0.1) is 30.4 Å². The molecule has 0 saturated heterocycles. The fourth-order valence-electron chi connectivity index (χ4n) is 1.56. The fourth-order valence-corrected chi connectivity index (χ4v) is 2.10. The Balaban J connectivity index is 3.39. The van der Waals surface area contributed by atoms with Crippen LogP contribution in [0.2, 0.25) is 0 Å². The summed E-state index contributed by atoms with van der Waals surface area (Å²) in [4.78, 5) is 27.3. The van der Waals surface area contributed by atoms with Crippen LogP contribution in [-0.4, -0.2) is 44.5 Å². The first-order valence-corrected chi connectivity index (χ1v) is 6.62. The average Bonchev–Trinajstić information content (AvgIpc) is 2.46. The first kappa shape index (κ1) is 15.2. The van der Waals surface area contributed by atoms with Crippen molar-refractivity contribution in [3.8, 4) is 0 Å². The molecule has 1 rings (SSSR count). The van der Waals surface area contributed by atoms with Crippen LogP contribution < -0.4 is 0 Å². The third kappa shape index (κ3) is 3.57. The molecule has 0 saturated carbocycles. The molecular weight excluding hydrogens is 266 g/mol. The number of rotatable bonds is 3. The number of carbonyl (C=O) groups is 2. The van der Waals surface area contributed by atoms with Gasteiger partial charge in [0.1, 0.15) is 0 Å². The van der Waals surface area contributed by atoms with E-state index < -0.39 is 11.9 Å². The third-order valence-electron chi connectivity index (χ3n) is 2.42. The van der Waals surface area contributed by atoms with Crippen LogP contribution in [0.5, 0.6) is 0 Å². The zero-order valence-electron chi connectivity index (χ0n) is 11.2. The van der Waals surface area contributed by atoms with E-state index in [0.29, 0.717) is 5.56 Å². The second kappa shape index (κ2) is 6.94. The summed E-state index contributed by atoms with van der Waals surface area (Å²) in [6, 6.07) is 4.71. The molecule has 0 aliphatic heterocycles. The van der Waals surface area contributed by atoms with Crippen molar-refractivity contribution in [1.82, 2.24) is 0 Å². The van der Waals surface area contributed by atoms with Gasteiger partial charge in [0, 0.05) is 12.6 Å². The summed E-state index contributed by atoms with van der Waals surface area (Å²) >= 11 is 1.42. The number of methoxy groups -OCH3 is 2. The van der Waals surface area contributed by atoms with Crippen LogP contribution in [0.3, 0.4) is 0 Å². The molecule has 0 amide bonds. The van der Waals surface area contributed by atoms with Gasteiger partial charge in [0.15, 0.2) is 0 Å². The number of thioether (sulfide) groups is 1. The van der Waals surface area contributed by atoms with E-state index in [2.05, 4.69) is 14.5 Å². The van der Waals surface area contributed by atoms with Gasteiger partial charge in [-0.25, -0.2) is 9.59 Å². The predicted octanol–water partition coefficient (Wildman–Crippen LogP) is 2.00. The van der Waals surface area contributed by atoms with Crippen LogP contribution in [-0.2, 0) is 9.47 Å². The van der Waals surface area contributed by atoms with E-state index in [0.717, 1.165) is 5.04 Å². The molecule has 0 N–H and O–H groups in total. The Labute approximate surface area is 116 Å². The summed E-state index contributed by atoms with van der Waals surface area (Å²) in [7, 11) is 4.22. The fraction of sp³-hybridized carbons (Fsp3) is 0.308. The van der Waals surface area contributed by atoms with Gasteiger partial charge in [0.25, 0.3) is 0 Å². The van der Waals surface area contributed by atoms with Crippen LogP contribution >= 0.6 is 11.8 Å². The van der Waals surface area contributed by atoms with E-state index in [-0.39, 0.29) is 11.1 Å². The smallest absolute Gasteiger partial charge is 0.337 e. The van der Waals surface area contributed by atoms with Crippen molar-refractivity contribution < 1.29 is 19.1 Å². The SMILES string of the molecule is CN=C(SC)c1cc(C(=O)OC)cc(C(=O)OC)c1. The van der Waals surface area contributed by atoms with Crippen molar-refractivity contribution in [2.24, 2.45) is 4.99 Å². The number of nitrogens with zero attached hydrogens (tertiary/aromatic N) is 1. The van der Waals surface area contributed by atoms with E-state index in [1.165, 1.54) is 32.0 Å². The molecule has 0 atom stereocenters. The third-order valence-corrected chi connectivity index (χ3v) is 3.22. The van der Waals surface area contributed by atoms with Crippen molar-refractivity contribution in [1.29, 1.82) is 0 Å². The highest BCUT2D eigenvalue weighted by Crippen LogP contribution is 2.17. The van der Waals surface area contributed by atoms with Crippen LogP contribution in [0.1, 0.15) is 26.3 Å². The lowest BCUT2D eigenvalue weighted by molar-refractivity contribution is 0.0599. The molecule has 1 aromatic rings. The summed E-state index contributed by atoms with van der Waals surface area (Å²) in [5.41, 5.74) is 1.25. The van der Waals surface area contributed by atoms with Gasteiger partial charge in [-0.3, -0.25) is 4.99 Å². The Morgan fingerprint density at radius 3 is 1.74 bits per heavy atom. The second-order valence-corrected chi connectivity index (χ2v) is 4.31. The highest BCUT2D eigenvalue weighted by Gasteiger charge is 2.15. The van der Waals surface area contributed by atoms with Gasteiger partial charge in [-0.15, -0.1) is 11.8 Å². The van der Waals surface area contributed by atoms with E-state index in [1.54, 1.807) is 19.2 Å². The van der Waals surface area contributed by atoms with Crippen LogP contribution in [0.15, 0.2) is 23.2 Å². The molecule has 102 valence electrons. The molecule has 5 nitrogen and oxygen atoms in total. The Morgan fingerprint density at radius 1 is 1.00 bits per heavy atom. The van der Waals surface area contributed by atoms with E-state index >= 15 is 0 Å². The van der Waals surface area contributed by atoms with Crippen molar-refractivity contribution in [3.63, 3.8) is 0 Å². The molecule has 6 heteroatoms. The first-order valence-electron chi connectivity index (χ1n) is 5.40. The van der Waals surface area contributed by atoms with Gasteiger partial charge in [-0.1, -0.05) is 0 Å². The van der Waals surface area contributed by atoms with Crippen LogP contribution in [0, 0.1) is 0 Å². The standard InChI is InChI=1S/C13H15NO4S/c1-14-11(19-4)8-5-9(12(15)17-2)7-10(6-8)13(16)18-3/h5-7H,1-4H3. The number of hydrogen-bond donors (Lipinski definition) is 0. The minimum Gasteiger partial charge on any atom is -0.465 e. The molecule has 1 aromatic carbocycles. The monoisotopic (exact) mass is 281 g/mol. The summed E-state index contributed by atoms with van der Waals surface area (Å²) in [6.07, 6.45) is 1.87. The molecule has 19 heavy (non-hydrogen) atoms. The molecule has 0 fully saturated rings. The minimum absolute atomic E-state index is 0.288. The molecule has 0 aliphatic rings. The highest BCUT2D eigenvalue weighted by molar-refractivity contribution is 8.13. The summed E-state index contributed by atoms with van der Waals surface area (Å²) in [5.74, 6) is -1.02. The number of carbonyl (C=O) groups excluding carboxylic acids is 2. The summed E-state index contributed by atoms with van der Waals surface area (Å²) < 4.78 is 9.34. The van der Waals surface area contributed by atoms with E-state index in [4.69, 9.17) is 0 Å². The number of benzene rings is 1. The lowest BCUT2D eigenvalue weighted by Crippen LogP contribution is -2.09. The maximum atomic E-state index is 11.6. The van der Waals surface area contributed by atoms with Crippen molar-refractivity contribution >= 4 is 28.7 Å².